The van der Waals surface area contributed by atoms with Crippen molar-refractivity contribution in [2.24, 2.45) is 0 Å². The Balaban J connectivity index is 2.08. The van der Waals surface area contributed by atoms with Crippen molar-refractivity contribution in [3.8, 4) is 11.5 Å². The number of unbranched alkanes of at least 4 members (excludes halogenated alkanes) is 3. The van der Waals surface area contributed by atoms with Gasteiger partial charge in [0.1, 0.15) is 11.5 Å². The first kappa shape index (κ1) is 15.2. The van der Waals surface area contributed by atoms with Gasteiger partial charge in [-0.15, -0.1) is 0 Å². The SMILES string of the molecule is CCCCCCc1cc(N)ccc1Oc1ccc(N)cc1. The highest BCUT2D eigenvalue weighted by atomic mass is 16.5. The molecule has 0 unspecified atom stereocenters. The molecule has 2 rings (SSSR count). The number of aryl methyl sites for hydroxylation is 1. The molecule has 0 radical (unpaired) electrons. The molecule has 3 heteroatoms. The van der Waals surface area contributed by atoms with Gasteiger partial charge < -0.3 is 16.2 Å². The third-order valence-electron chi connectivity index (χ3n) is 3.49. The number of hydrogen-bond acceptors (Lipinski definition) is 3. The van der Waals surface area contributed by atoms with E-state index in [4.69, 9.17) is 16.2 Å². The second-order valence-electron chi connectivity index (χ2n) is 5.35. The lowest BCUT2D eigenvalue weighted by atomic mass is 10.0. The van der Waals surface area contributed by atoms with Gasteiger partial charge in [-0.05, 0) is 60.9 Å². The van der Waals surface area contributed by atoms with Crippen LogP contribution in [0.1, 0.15) is 38.2 Å². The second kappa shape index (κ2) is 7.58. The Morgan fingerprint density at radius 3 is 2.29 bits per heavy atom. The van der Waals surface area contributed by atoms with E-state index in [2.05, 4.69) is 6.92 Å². The molecular weight excluding hydrogens is 260 g/mol. The summed E-state index contributed by atoms with van der Waals surface area (Å²) in [7, 11) is 0. The molecule has 0 amide bonds. The fourth-order valence-electron chi connectivity index (χ4n) is 2.30. The smallest absolute Gasteiger partial charge is 0.130 e. The van der Waals surface area contributed by atoms with Crippen LogP contribution in [0.15, 0.2) is 42.5 Å². The predicted octanol–water partition coefficient (Wildman–Crippen LogP) is 4.77. The van der Waals surface area contributed by atoms with Gasteiger partial charge in [0.2, 0.25) is 0 Å². The summed E-state index contributed by atoms with van der Waals surface area (Å²) >= 11 is 0. The summed E-state index contributed by atoms with van der Waals surface area (Å²) in [6.07, 6.45) is 5.92. The normalized spacial score (nSPS) is 10.5. The Morgan fingerprint density at radius 2 is 1.57 bits per heavy atom. The minimum absolute atomic E-state index is 0.736. The van der Waals surface area contributed by atoms with Crippen LogP contribution in [0, 0.1) is 0 Å². The lowest BCUT2D eigenvalue weighted by molar-refractivity contribution is 0.474. The molecular formula is C18H24N2O. The predicted molar refractivity (Wildman–Crippen MR) is 89.6 cm³/mol. The summed E-state index contributed by atoms with van der Waals surface area (Å²) in [5, 5.41) is 0. The van der Waals surface area contributed by atoms with E-state index in [-0.39, 0.29) is 0 Å². The molecule has 2 aromatic rings. The number of ether oxygens (including phenoxy) is 1. The van der Waals surface area contributed by atoms with Crippen LogP contribution in [0.5, 0.6) is 11.5 Å². The number of nitrogen functional groups attached to an aromatic ring is 2. The zero-order valence-corrected chi connectivity index (χ0v) is 12.6. The largest absolute Gasteiger partial charge is 0.457 e. The van der Waals surface area contributed by atoms with Gasteiger partial charge in [-0.25, -0.2) is 0 Å². The summed E-state index contributed by atoms with van der Waals surface area (Å²) in [4.78, 5) is 0. The molecule has 0 aliphatic heterocycles. The number of anilines is 2. The molecule has 0 heterocycles. The fraction of sp³-hybridized carbons (Fsp3) is 0.333. The third kappa shape index (κ3) is 4.71. The Hall–Kier alpha value is -2.16. The molecule has 0 aromatic heterocycles. The minimum atomic E-state index is 0.736. The van der Waals surface area contributed by atoms with Crippen LogP contribution < -0.4 is 16.2 Å². The number of benzene rings is 2. The van der Waals surface area contributed by atoms with Gasteiger partial charge in [0.05, 0.1) is 0 Å². The molecule has 0 atom stereocenters. The molecule has 2 aromatic carbocycles. The highest BCUT2D eigenvalue weighted by Crippen LogP contribution is 2.29. The molecule has 4 N–H and O–H groups in total. The molecule has 21 heavy (non-hydrogen) atoms. The summed E-state index contributed by atoms with van der Waals surface area (Å²) in [6, 6.07) is 13.3. The molecule has 0 bridgehead atoms. The Labute approximate surface area is 126 Å². The van der Waals surface area contributed by atoms with E-state index >= 15 is 0 Å². The fourth-order valence-corrected chi connectivity index (χ4v) is 2.30. The first-order valence-corrected chi connectivity index (χ1v) is 7.61. The lowest BCUT2D eigenvalue weighted by Gasteiger charge is -2.12. The summed E-state index contributed by atoms with van der Waals surface area (Å²) in [5.74, 6) is 1.68. The molecule has 0 fully saturated rings. The molecule has 0 aliphatic carbocycles. The zero-order chi connectivity index (χ0) is 15.1. The Morgan fingerprint density at radius 1 is 0.857 bits per heavy atom. The van der Waals surface area contributed by atoms with Crippen molar-refractivity contribution in [2.75, 3.05) is 11.5 Å². The second-order valence-corrected chi connectivity index (χ2v) is 5.35. The van der Waals surface area contributed by atoms with E-state index in [1.807, 2.05) is 42.5 Å². The van der Waals surface area contributed by atoms with Gasteiger partial charge in [-0.1, -0.05) is 26.2 Å². The van der Waals surface area contributed by atoms with Gasteiger partial charge in [0, 0.05) is 11.4 Å². The van der Waals surface area contributed by atoms with E-state index in [9.17, 15) is 0 Å². The summed E-state index contributed by atoms with van der Waals surface area (Å²) < 4.78 is 5.97. The van der Waals surface area contributed by atoms with Crippen molar-refractivity contribution < 1.29 is 4.74 Å². The van der Waals surface area contributed by atoms with Crippen molar-refractivity contribution in [1.29, 1.82) is 0 Å². The monoisotopic (exact) mass is 284 g/mol. The number of rotatable bonds is 7. The van der Waals surface area contributed by atoms with Crippen LogP contribution in [-0.4, -0.2) is 0 Å². The van der Waals surface area contributed by atoms with Crippen LogP contribution in [0.25, 0.3) is 0 Å². The maximum absolute atomic E-state index is 5.97. The highest BCUT2D eigenvalue weighted by molar-refractivity contribution is 5.50. The van der Waals surface area contributed by atoms with Crippen LogP contribution in [0.4, 0.5) is 11.4 Å². The van der Waals surface area contributed by atoms with Gasteiger partial charge in [-0.3, -0.25) is 0 Å². The number of hydrogen-bond donors (Lipinski definition) is 2. The van der Waals surface area contributed by atoms with Crippen LogP contribution >= 0.6 is 0 Å². The topological polar surface area (TPSA) is 61.3 Å². The van der Waals surface area contributed by atoms with Crippen LogP contribution in [0.2, 0.25) is 0 Å². The Kier molecular flexibility index (Phi) is 5.50. The minimum Gasteiger partial charge on any atom is -0.457 e. The summed E-state index contributed by atoms with van der Waals surface area (Å²) in [5.41, 5.74) is 14.3. The Bertz CT molecular complexity index is 564. The molecule has 0 aliphatic rings. The van der Waals surface area contributed by atoms with Gasteiger partial charge in [0.25, 0.3) is 0 Å². The number of nitrogens with two attached hydrogens (primary N) is 2. The van der Waals surface area contributed by atoms with E-state index in [0.717, 1.165) is 35.7 Å². The third-order valence-corrected chi connectivity index (χ3v) is 3.49. The average Bonchev–Trinajstić information content (AvgIpc) is 2.48. The lowest BCUT2D eigenvalue weighted by Crippen LogP contribution is -1.95. The van der Waals surface area contributed by atoms with Crippen LogP contribution in [0.3, 0.4) is 0 Å². The molecule has 112 valence electrons. The average molecular weight is 284 g/mol. The van der Waals surface area contributed by atoms with E-state index < -0.39 is 0 Å². The van der Waals surface area contributed by atoms with Crippen molar-refractivity contribution >= 4 is 11.4 Å². The zero-order valence-electron chi connectivity index (χ0n) is 12.6. The molecule has 0 saturated heterocycles. The van der Waals surface area contributed by atoms with E-state index in [1.165, 1.54) is 24.8 Å². The first-order chi connectivity index (χ1) is 10.2. The van der Waals surface area contributed by atoms with E-state index in [0.29, 0.717) is 0 Å². The van der Waals surface area contributed by atoms with E-state index in [1.54, 1.807) is 0 Å². The van der Waals surface area contributed by atoms with Crippen molar-refractivity contribution in [2.45, 2.75) is 39.0 Å². The van der Waals surface area contributed by atoms with Crippen molar-refractivity contribution in [1.82, 2.24) is 0 Å². The quantitative estimate of drug-likeness (QED) is 0.569. The molecule has 3 nitrogen and oxygen atoms in total. The maximum atomic E-state index is 5.97. The first-order valence-electron chi connectivity index (χ1n) is 7.61. The van der Waals surface area contributed by atoms with Crippen LogP contribution in [-0.2, 0) is 6.42 Å². The maximum Gasteiger partial charge on any atom is 0.130 e. The van der Waals surface area contributed by atoms with Crippen molar-refractivity contribution in [3.63, 3.8) is 0 Å². The molecule has 0 spiro atoms. The van der Waals surface area contributed by atoms with Gasteiger partial charge in [-0.2, -0.15) is 0 Å². The standard InChI is InChI=1S/C18H24N2O/c1-2-3-4-5-6-14-13-16(20)9-12-18(14)21-17-10-7-15(19)8-11-17/h7-13H,2-6,19-20H2,1H3. The van der Waals surface area contributed by atoms with Gasteiger partial charge >= 0.3 is 0 Å². The highest BCUT2D eigenvalue weighted by Gasteiger charge is 2.06. The summed E-state index contributed by atoms with van der Waals surface area (Å²) in [6.45, 7) is 2.22. The van der Waals surface area contributed by atoms with Gasteiger partial charge in [0.15, 0.2) is 0 Å². The van der Waals surface area contributed by atoms with Crippen molar-refractivity contribution in [3.05, 3.63) is 48.0 Å². The molecule has 0 saturated carbocycles.